The van der Waals surface area contributed by atoms with E-state index >= 15 is 0 Å². The molecule has 0 aromatic heterocycles. The van der Waals surface area contributed by atoms with Gasteiger partial charge in [0.05, 0.1) is 5.56 Å². The third-order valence-corrected chi connectivity index (χ3v) is 5.44. The van der Waals surface area contributed by atoms with Gasteiger partial charge in [-0.1, -0.05) is 68.7 Å². The van der Waals surface area contributed by atoms with Crippen LogP contribution in [0.2, 0.25) is 0 Å². The van der Waals surface area contributed by atoms with Crippen LogP contribution >= 0.6 is 0 Å². The summed E-state index contributed by atoms with van der Waals surface area (Å²) in [6.07, 6.45) is 5.66. The second-order valence-corrected chi connectivity index (χ2v) is 7.81. The highest BCUT2D eigenvalue weighted by atomic mass is 19.1. The van der Waals surface area contributed by atoms with E-state index in [-0.39, 0.29) is 11.1 Å². The summed E-state index contributed by atoms with van der Waals surface area (Å²) in [5.74, 6) is 9.52. The van der Waals surface area contributed by atoms with Crippen molar-refractivity contribution in [2.75, 3.05) is 0 Å². The van der Waals surface area contributed by atoms with E-state index in [1.165, 1.54) is 30.4 Å². The van der Waals surface area contributed by atoms with Crippen LogP contribution in [0, 0.1) is 46.6 Å². The normalized spacial score (nSPS) is 9.91. The first-order chi connectivity index (χ1) is 16.0. The van der Waals surface area contributed by atoms with Gasteiger partial charge in [0.25, 0.3) is 0 Å². The number of nitriles is 1. The number of halogens is 2. The van der Waals surface area contributed by atoms with Crippen LogP contribution in [0.25, 0.3) is 11.1 Å². The predicted octanol–water partition coefficient (Wildman–Crippen LogP) is 7.20. The maximum atomic E-state index is 14.5. The molecule has 3 aromatic rings. The molecule has 0 N–H and O–H groups in total. The maximum Gasteiger partial charge on any atom is 0.152 e. The zero-order valence-electron chi connectivity index (χ0n) is 18.9. The quantitative estimate of drug-likeness (QED) is 0.295. The molecule has 0 atom stereocenters. The largest absolute Gasteiger partial charge is 0.206 e. The number of aryl methyl sites for hydroxylation is 2. The molecule has 3 heteroatoms. The molecular formula is C30H25F2N. The minimum atomic E-state index is -0.720. The Balaban J connectivity index is 1.81. The fourth-order valence-electron chi connectivity index (χ4n) is 3.68. The van der Waals surface area contributed by atoms with Gasteiger partial charge in [0.15, 0.2) is 6.07 Å². The Kier molecular flexibility index (Phi) is 8.41. The van der Waals surface area contributed by atoms with Crippen LogP contribution in [-0.2, 0) is 12.8 Å². The molecule has 0 aliphatic carbocycles. The Hall–Kier alpha value is -3.87. The minimum absolute atomic E-state index is 0.121. The number of nitrogens with zero attached hydrogens (tertiary/aromatic N) is 1. The minimum Gasteiger partial charge on any atom is -0.206 e. The van der Waals surface area contributed by atoms with Crippen LogP contribution in [-0.4, -0.2) is 0 Å². The van der Waals surface area contributed by atoms with Crippen molar-refractivity contribution in [3.05, 3.63) is 94.0 Å². The van der Waals surface area contributed by atoms with Crippen molar-refractivity contribution >= 4 is 0 Å². The summed E-state index contributed by atoms with van der Waals surface area (Å²) in [6, 6.07) is 17.2. The van der Waals surface area contributed by atoms with Gasteiger partial charge < -0.3 is 0 Å². The molecule has 0 spiro atoms. The van der Waals surface area contributed by atoms with Crippen molar-refractivity contribution in [2.24, 2.45) is 0 Å². The number of hydrogen-bond donors (Lipinski definition) is 0. The van der Waals surface area contributed by atoms with Gasteiger partial charge in [-0.2, -0.15) is 5.26 Å². The monoisotopic (exact) mass is 437 g/mol. The molecule has 0 aliphatic rings. The molecule has 1 nitrogen and oxygen atoms in total. The summed E-state index contributed by atoms with van der Waals surface area (Å²) in [5, 5.41) is 8.50. The number of hydrogen-bond acceptors (Lipinski definition) is 1. The van der Waals surface area contributed by atoms with Crippen LogP contribution in [0.4, 0.5) is 8.78 Å². The summed E-state index contributed by atoms with van der Waals surface area (Å²) < 4.78 is 29.0. The third kappa shape index (κ3) is 6.32. The first-order valence-electron chi connectivity index (χ1n) is 11.2. The Labute approximate surface area is 195 Å². The molecule has 0 fully saturated rings. The molecule has 0 saturated heterocycles. The van der Waals surface area contributed by atoms with Crippen LogP contribution in [0.3, 0.4) is 0 Å². The van der Waals surface area contributed by atoms with Gasteiger partial charge in [-0.25, -0.2) is 8.78 Å². The second-order valence-electron chi connectivity index (χ2n) is 7.81. The van der Waals surface area contributed by atoms with E-state index in [1.807, 2.05) is 0 Å². The van der Waals surface area contributed by atoms with E-state index in [9.17, 15) is 8.78 Å². The lowest BCUT2D eigenvalue weighted by atomic mass is 9.98. The lowest BCUT2D eigenvalue weighted by molar-refractivity contribution is 0.589. The van der Waals surface area contributed by atoms with Crippen molar-refractivity contribution < 1.29 is 8.78 Å². The van der Waals surface area contributed by atoms with E-state index in [2.05, 4.69) is 55.7 Å². The van der Waals surface area contributed by atoms with Crippen molar-refractivity contribution in [3.8, 4) is 40.9 Å². The molecule has 0 bridgehead atoms. The average Bonchev–Trinajstić information content (AvgIpc) is 2.82. The Bertz CT molecular complexity index is 1270. The zero-order valence-corrected chi connectivity index (χ0v) is 18.9. The molecule has 0 aliphatic heterocycles. The molecule has 164 valence electrons. The summed E-state index contributed by atoms with van der Waals surface area (Å²) in [6.45, 7) is 4.34. The lowest BCUT2D eigenvalue weighted by Crippen LogP contribution is -1.93. The zero-order chi connectivity index (χ0) is 23.6. The molecule has 3 aromatic carbocycles. The molecule has 3 rings (SSSR count). The fraction of sp³-hybridized carbons (Fsp3) is 0.233. The fourth-order valence-corrected chi connectivity index (χ4v) is 3.68. The lowest BCUT2D eigenvalue weighted by Gasteiger charge is -2.07. The van der Waals surface area contributed by atoms with Gasteiger partial charge >= 0.3 is 0 Å². The van der Waals surface area contributed by atoms with Crippen molar-refractivity contribution in [2.45, 2.75) is 46.0 Å². The SMILES string of the molecule is CCCCCc1ccc(C#Cc2ccc(-c3c(F)cc(C#CC#N)cc3F)cc2)c(CC)c1. The second kappa shape index (κ2) is 11.7. The highest BCUT2D eigenvalue weighted by Gasteiger charge is 2.13. The van der Waals surface area contributed by atoms with E-state index in [4.69, 9.17) is 5.26 Å². The smallest absolute Gasteiger partial charge is 0.152 e. The molecule has 0 heterocycles. The van der Waals surface area contributed by atoms with Gasteiger partial charge in [-0.3, -0.25) is 0 Å². The first kappa shape index (κ1) is 23.8. The molecular weight excluding hydrogens is 412 g/mol. The average molecular weight is 438 g/mol. The van der Waals surface area contributed by atoms with E-state index < -0.39 is 11.6 Å². The van der Waals surface area contributed by atoms with Crippen molar-refractivity contribution in [3.63, 3.8) is 0 Å². The van der Waals surface area contributed by atoms with Gasteiger partial charge in [0, 0.05) is 22.6 Å². The van der Waals surface area contributed by atoms with Crippen molar-refractivity contribution in [1.29, 1.82) is 5.26 Å². The molecule has 33 heavy (non-hydrogen) atoms. The van der Waals surface area contributed by atoms with Crippen molar-refractivity contribution in [1.82, 2.24) is 0 Å². The summed E-state index contributed by atoms with van der Waals surface area (Å²) in [7, 11) is 0. The van der Waals surface area contributed by atoms with Crippen LogP contribution < -0.4 is 0 Å². The molecule has 0 radical (unpaired) electrons. The summed E-state index contributed by atoms with van der Waals surface area (Å²) >= 11 is 0. The topological polar surface area (TPSA) is 23.8 Å². The van der Waals surface area contributed by atoms with Crippen LogP contribution in [0.1, 0.15) is 60.9 Å². The summed E-state index contributed by atoms with van der Waals surface area (Å²) in [5.41, 5.74) is 4.78. The Morgan fingerprint density at radius 3 is 2.15 bits per heavy atom. The Morgan fingerprint density at radius 2 is 1.52 bits per heavy atom. The van der Waals surface area contributed by atoms with E-state index in [0.717, 1.165) is 36.1 Å². The highest BCUT2D eigenvalue weighted by molar-refractivity contribution is 5.67. The number of benzene rings is 3. The van der Waals surface area contributed by atoms with Crippen LogP contribution in [0.15, 0.2) is 54.6 Å². The third-order valence-electron chi connectivity index (χ3n) is 5.44. The standard InChI is InChI=1S/C30H25F2N/c1-3-5-6-8-23-13-15-26(25(4-2)19-23)14-10-22-11-16-27(17-12-22)30-28(31)20-24(9-7-18-33)21-29(30)32/h11-13,15-17,19-21H,3-6,8H2,1-2H3. The predicted molar refractivity (Wildman–Crippen MR) is 129 cm³/mol. The molecule has 0 unspecified atom stereocenters. The summed E-state index contributed by atoms with van der Waals surface area (Å²) in [4.78, 5) is 0. The van der Waals surface area contributed by atoms with E-state index in [1.54, 1.807) is 30.3 Å². The Morgan fingerprint density at radius 1 is 0.788 bits per heavy atom. The van der Waals surface area contributed by atoms with Gasteiger partial charge in [0.1, 0.15) is 11.6 Å². The van der Waals surface area contributed by atoms with Crippen LogP contribution in [0.5, 0.6) is 0 Å². The number of rotatable bonds is 6. The highest BCUT2D eigenvalue weighted by Crippen LogP contribution is 2.27. The molecule has 0 amide bonds. The van der Waals surface area contributed by atoms with E-state index in [0.29, 0.717) is 5.56 Å². The molecule has 0 saturated carbocycles. The number of unbranched alkanes of at least 4 members (excludes halogenated alkanes) is 2. The maximum absolute atomic E-state index is 14.5. The van der Waals surface area contributed by atoms with Gasteiger partial charge in [-0.05, 0) is 66.3 Å². The first-order valence-corrected chi connectivity index (χ1v) is 11.2. The van der Waals surface area contributed by atoms with Gasteiger partial charge in [0.2, 0.25) is 0 Å². The van der Waals surface area contributed by atoms with Gasteiger partial charge in [-0.15, -0.1) is 0 Å².